The molecule has 2 rings (SSSR count). The van der Waals surface area contributed by atoms with E-state index in [0.717, 1.165) is 18.4 Å². The molecule has 0 saturated heterocycles. The summed E-state index contributed by atoms with van der Waals surface area (Å²) >= 11 is 0. The number of benzene rings is 1. The highest BCUT2D eigenvalue weighted by molar-refractivity contribution is 7.85. The number of alkyl carbamates (subject to hydrolysis) is 1. The number of ether oxygens (including phenoxy) is 3. The molecule has 0 aromatic heterocycles. The number of rotatable bonds is 12. The van der Waals surface area contributed by atoms with Crippen LogP contribution in [0.2, 0.25) is 0 Å². The van der Waals surface area contributed by atoms with Crippen molar-refractivity contribution in [2.45, 2.75) is 64.8 Å². The van der Waals surface area contributed by atoms with Crippen LogP contribution in [0.5, 0.6) is 0 Å². The van der Waals surface area contributed by atoms with Crippen molar-refractivity contribution in [3.63, 3.8) is 0 Å². The van der Waals surface area contributed by atoms with Crippen LogP contribution in [0.3, 0.4) is 0 Å². The largest absolute Gasteiger partial charge is 0.461 e. The Morgan fingerprint density at radius 3 is 2.33 bits per heavy atom. The summed E-state index contributed by atoms with van der Waals surface area (Å²) in [5.74, 6) is -1.45. The second kappa shape index (κ2) is 12.5. The Labute approximate surface area is 193 Å². The second-order valence-corrected chi connectivity index (χ2v) is 9.81. The van der Waals surface area contributed by atoms with Crippen LogP contribution in [0.4, 0.5) is 4.79 Å². The molecular formula is C22H31NO9S. The molecule has 1 aliphatic carbocycles. The zero-order valence-corrected chi connectivity index (χ0v) is 19.5. The molecule has 1 aliphatic rings. The predicted molar refractivity (Wildman–Crippen MR) is 117 cm³/mol. The lowest BCUT2D eigenvalue weighted by molar-refractivity contribution is -0.168. The molecule has 10 nitrogen and oxygen atoms in total. The fourth-order valence-corrected chi connectivity index (χ4v) is 4.34. The highest BCUT2D eigenvalue weighted by atomic mass is 32.2. The zero-order valence-electron chi connectivity index (χ0n) is 18.7. The maximum atomic E-state index is 12.4. The highest BCUT2D eigenvalue weighted by Gasteiger charge is 2.39. The third kappa shape index (κ3) is 10.7. The van der Waals surface area contributed by atoms with E-state index in [1.165, 1.54) is 6.92 Å². The quantitative estimate of drug-likeness (QED) is 0.197. The van der Waals surface area contributed by atoms with Crippen molar-refractivity contribution in [1.29, 1.82) is 0 Å². The number of nitrogens with one attached hydrogen (secondary N) is 1. The first-order valence-corrected chi connectivity index (χ1v) is 12.5. The molecule has 0 aliphatic heterocycles. The molecule has 2 N–H and O–H groups in total. The summed E-state index contributed by atoms with van der Waals surface area (Å²) in [5.41, 5.74) is 0.343. The van der Waals surface area contributed by atoms with Crippen molar-refractivity contribution in [3.8, 4) is 0 Å². The Morgan fingerprint density at radius 2 is 1.70 bits per heavy atom. The van der Waals surface area contributed by atoms with Crippen molar-refractivity contribution in [3.05, 3.63) is 35.9 Å². The van der Waals surface area contributed by atoms with Gasteiger partial charge in [0.15, 0.2) is 0 Å². The third-order valence-corrected chi connectivity index (χ3v) is 6.17. The van der Waals surface area contributed by atoms with Gasteiger partial charge in [-0.15, -0.1) is 0 Å². The van der Waals surface area contributed by atoms with Crippen molar-refractivity contribution in [2.75, 3.05) is 12.3 Å². The van der Waals surface area contributed by atoms with Crippen LogP contribution in [0, 0.1) is 5.41 Å². The molecule has 0 radical (unpaired) electrons. The van der Waals surface area contributed by atoms with Crippen LogP contribution in [0.15, 0.2) is 30.3 Å². The maximum Gasteiger partial charge on any atom is 0.410 e. The minimum absolute atomic E-state index is 0.00495. The Kier molecular flexibility index (Phi) is 10.1. The zero-order chi connectivity index (χ0) is 24.3. The molecular weight excluding hydrogens is 454 g/mol. The Bertz CT molecular complexity index is 896. The van der Waals surface area contributed by atoms with Crippen LogP contribution in [0.25, 0.3) is 0 Å². The number of hydrogen-bond donors (Lipinski definition) is 2. The van der Waals surface area contributed by atoms with Gasteiger partial charge in [-0.2, -0.15) is 8.42 Å². The molecule has 11 heteroatoms. The van der Waals surface area contributed by atoms with Crippen molar-refractivity contribution < 1.29 is 41.6 Å². The molecule has 1 atom stereocenters. The molecule has 0 heterocycles. The molecule has 1 saturated carbocycles. The van der Waals surface area contributed by atoms with Gasteiger partial charge in [-0.25, -0.2) is 4.79 Å². The van der Waals surface area contributed by atoms with E-state index in [-0.39, 0.29) is 38.4 Å². The van der Waals surface area contributed by atoms with E-state index in [9.17, 15) is 22.8 Å². The third-order valence-electron chi connectivity index (χ3n) is 5.36. The summed E-state index contributed by atoms with van der Waals surface area (Å²) in [5, 5.41) is 2.30. The van der Waals surface area contributed by atoms with Gasteiger partial charge in [0.2, 0.25) is 6.29 Å². The Morgan fingerprint density at radius 1 is 1.06 bits per heavy atom. The Hall–Kier alpha value is -2.66. The number of carbonyl (C=O) groups is 3. The maximum absolute atomic E-state index is 12.4. The predicted octanol–water partition coefficient (Wildman–Crippen LogP) is 2.96. The van der Waals surface area contributed by atoms with Crippen LogP contribution >= 0.6 is 0 Å². The summed E-state index contributed by atoms with van der Waals surface area (Å²) in [6, 6.07) is 9.33. The first-order chi connectivity index (χ1) is 15.6. The van der Waals surface area contributed by atoms with E-state index < -0.39 is 39.6 Å². The average molecular weight is 486 g/mol. The lowest BCUT2D eigenvalue weighted by Crippen LogP contribution is -2.33. The summed E-state index contributed by atoms with van der Waals surface area (Å²) < 4.78 is 45.4. The van der Waals surface area contributed by atoms with Gasteiger partial charge in [-0.05, 0) is 30.2 Å². The molecule has 1 aromatic rings. The van der Waals surface area contributed by atoms with Gasteiger partial charge in [0.25, 0.3) is 10.1 Å². The standard InChI is InChI=1S/C22H31NO9S/c1-17(32-21(26)23-12-7-13-33(27,28)29)31-20(25)15-22(10-5-6-11-22)14-19(24)30-16-18-8-3-2-4-9-18/h2-4,8-9,17H,5-7,10-16H2,1H3,(H,23,26)(H,27,28,29). The smallest absolute Gasteiger partial charge is 0.410 e. The van der Waals surface area contributed by atoms with Gasteiger partial charge in [0.05, 0.1) is 18.6 Å². The molecule has 1 aromatic carbocycles. The van der Waals surface area contributed by atoms with Crippen LogP contribution in [0.1, 0.15) is 57.4 Å². The lowest BCUT2D eigenvalue weighted by atomic mass is 9.79. The van der Waals surface area contributed by atoms with Crippen molar-refractivity contribution in [2.24, 2.45) is 5.41 Å². The van der Waals surface area contributed by atoms with Crippen LogP contribution < -0.4 is 5.32 Å². The number of amides is 1. The van der Waals surface area contributed by atoms with E-state index in [1.807, 2.05) is 30.3 Å². The SMILES string of the molecule is CC(OC(=O)CC1(CC(=O)OCc2ccccc2)CCCC1)OC(=O)NCCCS(=O)(=O)O. The van der Waals surface area contributed by atoms with Gasteiger partial charge in [-0.3, -0.25) is 14.1 Å². The van der Waals surface area contributed by atoms with Gasteiger partial charge in [0.1, 0.15) is 6.61 Å². The van der Waals surface area contributed by atoms with Gasteiger partial charge in [-0.1, -0.05) is 43.2 Å². The first-order valence-electron chi connectivity index (χ1n) is 10.9. The molecule has 33 heavy (non-hydrogen) atoms. The normalized spacial score (nSPS) is 15.9. The molecule has 184 valence electrons. The molecule has 1 amide bonds. The minimum atomic E-state index is -4.10. The van der Waals surface area contributed by atoms with Gasteiger partial charge >= 0.3 is 18.0 Å². The van der Waals surface area contributed by atoms with E-state index in [0.29, 0.717) is 12.8 Å². The van der Waals surface area contributed by atoms with Crippen LogP contribution in [-0.4, -0.2) is 49.6 Å². The van der Waals surface area contributed by atoms with Gasteiger partial charge in [0, 0.05) is 13.5 Å². The van der Waals surface area contributed by atoms with Crippen molar-refractivity contribution in [1.82, 2.24) is 5.32 Å². The molecule has 1 unspecified atom stereocenters. The van der Waals surface area contributed by atoms with Crippen LogP contribution in [-0.2, 0) is 40.5 Å². The summed E-state index contributed by atoms with van der Waals surface area (Å²) in [6.07, 6.45) is 1.28. The molecule has 0 bridgehead atoms. The minimum Gasteiger partial charge on any atom is -0.461 e. The fourth-order valence-electron chi connectivity index (χ4n) is 3.83. The number of hydrogen-bond acceptors (Lipinski definition) is 8. The van der Waals surface area contributed by atoms with E-state index in [1.54, 1.807) is 0 Å². The highest BCUT2D eigenvalue weighted by Crippen LogP contribution is 2.44. The van der Waals surface area contributed by atoms with E-state index >= 15 is 0 Å². The van der Waals surface area contributed by atoms with E-state index in [4.69, 9.17) is 18.8 Å². The van der Waals surface area contributed by atoms with E-state index in [2.05, 4.69) is 5.32 Å². The fraction of sp³-hybridized carbons (Fsp3) is 0.591. The van der Waals surface area contributed by atoms with Gasteiger partial charge < -0.3 is 19.5 Å². The number of esters is 2. The molecule has 1 fully saturated rings. The average Bonchev–Trinajstić information content (AvgIpc) is 3.17. The summed E-state index contributed by atoms with van der Waals surface area (Å²) in [4.78, 5) is 36.6. The lowest BCUT2D eigenvalue weighted by Gasteiger charge is -2.27. The topological polar surface area (TPSA) is 145 Å². The summed E-state index contributed by atoms with van der Waals surface area (Å²) in [6.45, 7) is 1.52. The molecule has 0 spiro atoms. The first kappa shape index (κ1) is 26.6. The Balaban J connectivity index is 1.75. The second-order valence-electron chi connectivity index (χ2n) is 8.24. The summed E-state index contributed by atoms with van der Waals surface area (Å²) in [7, 11) is -4.10. The number of carbonyl (C=O) groups excluding carboxylic acids is 3. The monoisotopic (exact) mass is 485 g/mol. The van der Waals surface area contributed by atoms with Crippen molar-refractivity contribution >= 4 is 28.1 Å².